The standard InChI is InChI=1S/C22H17N7/c1-14-17-22(29(27-14)16-10-6-3-7-11-16)26-19-18(24-17)21-23-12-13-28(21)20(25-19)15-8-4-2-5-9-15/h2-11H,12-13H2,1H3. The Labute approximate surface area is 167 Å². The zero-order valence-electron chi connectivity index (χ0n) is 15.8. The Hall–Kier alpha value is -3.87. The maximum atomic E-state index is 4.91. The second-order valence-corrected chi connectivity index (χ2v) is 7.06. The number of hydrogen-bond acceptors (Lipinski definition) is 6. The summed E-state index contributed by atoms with van der Waals surface area (Å²) in [7, 11) is 0. The van der Waals surface area contributed by atoms with E-state index in [1.165, 1.54) is 0 Å². The van der Waals surface area contributed by atoms with E-state index in [9.17, 15) is 0 Å². The minimum Gasteiger partial charge on any atom is -0.307 e. The summed E-state index contributed by atoms with van der Waals surface area (Å²) >= 11 is 0. The molecule has 0 aliphatic carbocycles. The number of nitrogens with zero attached hydrogens (tertiary/aromatic N) is 7. The molecule has 0 N–H and O–H groups in total. The molecule has 0 atom stereocenters. The van der Waals surface area contributed by atoms with E-state index in [1.807, 2.05) is 60.1 Å². The summed E-state index contributed by atoms with van der Waals surface area (Å²) in [6.45, 7) is 3.48. The normalized spacial score (nSPS) is 15.1. The molecule has 2 aliphatic heterocycles. The van der Waals surface area contributed by atoms with Gasteiger partial charge >= 0.3 is 0 Å². The number of hydrogen-bond donors (Lipinski definition) is 0. The summed E-state index contributed by atoms with van der Waals surface area (Å²) in [5.41, 5.74) is 5.04. The smallest absolute Gasteiger partial charge is 0.186 e. The predicted molar refractivity (Wildman–Crippen MR) is 112 cm³/mol. The van der Waals surface area contributed by atoms with Crippen molar-refractivity contribution in [1.82, 2.24) is 24.6 Å². The first kappa shape index (κ1) is 16.1. The number of fused-ring (bicyclic) bond motifs is 4. The van der Waals surface area contributed by atoms with Gasteiger partial charge in [0.15, 0.2) is 23.0 Å². The first-order valence-corrected chi connectivity index (χ1v) is 9.59. The van der Waals surface area contributed by atoms with Crippen LogP contribution in [0.25, 0.3) is 16.9 Å². The molecule has 4 aromatic rings. The molecule has 2 aliphatic rings. The zero-order chi connectivity index (χ0) is 19.4. The Balaban J connectivity index is 1.61. The lowest BCUT2D eigenvalue weighted by atomic mass is 10.1. The van der Waals surface area contributed by atoms with Crippen LogP contribution in [-0.2, 0) is 0 Å². The van der Waals surface area contributed by atoms with E-state index < -0.39 is 0 Å². The molecule has 2 aromatic heterocycles. The number of aryl methyl sites for hydroxylation is 1. The summed E-state index contributed by atoms with van der Waals surface area (Å²) < 4.78 is 1.83. The van der Waals surface area contributed by atoms with Gasteiger partial charge in [-0.05, 0) is 19.1 Å². The molecule has 0 unspecified atom stereocenters. The monoisotopic (exact) mass is 379 g/mol. The van der Waals surface area contributed by atoms with Crippen LogP contribution in [0.4, 0.5) is 5.82 Å². The Morgan fingerprint density at radius 3 is 2.41 bits per heavy atom. The fourth-order valence-corrected chi connectivity index (χ4v) is 3.85. The molecule has 7 heteroatoms. The van der Waals surface area contributed by atoms with Crippen LogP contribution in [-0.4, -0.2) is 49.4 Å². The van der Waals surface area contributed by atoms with Gasteiger partial charge in [-0.25, -0.2) is 19.6 Å². The molecule has 140 valence electrons. The number of aromatic nitrogens is 4. The van der Waals surface area contributed by atoms with Crippen molar-refractivity contribution >= 4 is 28.7 Å². The lowest BCUT2D eigenvalue weighted by Gasteiger charge is -2.26. The van der Waals surface area contributed by atoms with Gasteiger partial charge in [0.25, 0.3) is 0 Å². The van der Waals surface area contributed by atoms with Crippen LogP contribution in [0.5, 0.6) is 0 Å². The molecule has 29 heavy (non-hydrogen) atoms. The first-order chi connectivity index (χ1) is 14.3. The van der Waals surface area contributed by atoms with E-state index in [1.54, 1.807) is 0 Å². The molecule has 0 saturated carbocycles. The first-order valence-electron chi connectivity index (χ1n) is 9.59. The van der Waals surface area contributed by atoms with Crippen molar-refractivity contribution in [3.05, 3.63) is 77.6 Å². The molecule has 0 bridgehead atoms. The van der Waals surface area contributed by atoms with Gasteiger partial charge in [0, 0.05) is 12.1 Å². The van der Waals surface area contributed by atoms with Crippen LogP contribution in [0.2, 0.25) is 0 Å². The molecular weight excluding hydrogens is 362 g/mol. The lowest BCUT2D eigenvalue weighted by Crippen LogP contribution is -2.38. The quantitative estimate of drug-likeness (QED) is 0.536. The Morgan fingerprint density at radius 1 is 0.862 bits per heavy atom. The lowest BCUT2D eigenvalue weighted by molar-refractivity contribution is 0.659. The molecule has 0 saturated heterocycles. The molecular formula is C22H17N7. The molecule has 7 nitrogen and oxygen atoms in total. The second-order valence-electron chi connectivity index (χ2n) is 7.06. The largest absolute Gasteiger partial charge is 0.307 e. The van der Waals surface area contributed by atoms with E-state index in [0.717, 1.165) is 52.9 Å². The third kappa shape index (κ3) is 2.40. The third-order valence-corrected chi connectivity index (χ3v) is 5.21. The van der Waals surface area contributed by atoms with Crippen LogP contribution in [0.3, 0.4) is 0 Å². The van der Waals surface area contributed by atoms with Gasteiger partial charge < -0.3 is 4.90 Å². The van der Waals surface area contributed by atoms with Crippen molar-refractivity contribution in [1.29, 1.82) is 0 Å². The van der Waals surface area contributed by atoms with E-state index in [4.69, 9.17) is 20.0 Å². The van der Waals surface area contributed by atoms with E-state index in [-0.39, 0.29) is 0 Å². The average Bonchev–Trinajstić information content (AvgIpc) is 3.38. The summed E-state index contributed by atoms with van der Waals surface area (Å²) in [6.07, 6.45) is 0. The SMILES string of the molecule is Cc1nn(-c2ccccc2)c2nc3c(nc12)C1=NCCN1C(c1ccccc1)=N3. The maximum absolute atomic E-state index is 4.91. The van der Waals surface area contributed by atoms with E-state index in [0.29, 0.717) is 11.5 Å². The number of rotatable bonds is 2. The predicted octanol–water partition coefficient (Wildman–Crippen LogP) is 3.28. The van der Waals surface area contributed by atoms with E-state index >= 15 is 0 Å². The summed E-state index contributed by atoms with van der Waals surface area (Å²) in [5.74, 6) is 2.30. The fraction of sp³-hybridized carbons (Fsp3) is 0.136. The number of para-hydroxylation sites is 1. The average molecular weight is 379 g/mol. The van der Waals surface area contributed by atoms with Gasteiger partial charge in [-0.15, -0.1) is 0 Å². The maximum Gasteiger partial charge on any atom is 0.186 e. The number of benzene rings is 2. The Kier molecular flexibility index (Phi) is 3.37. The highest BCUT2D eigenvalue weighted by molar-refractivity contribution is 6.19. The highest BCUT2D eigenvalue weighted by Gasteiger charge is 2.33. The Morgan fingerprint density at radius 2 is 1.62 bits per heavy atom. The minimum absolute atomic E-state index is 0.588. The minimum atomic E-state index is 0.588. The molecule has 0 amide bonds. The van der Waals surface area contributed by atoms with Crippen LogP contribution in [0.15, 0.2) is 70.6 Å². The van der Waals surface area contributed by atoms with Gasteiger partial charge in [-0.3, -0.25) is 4.99 Å². The summed E-state index contributed by atoms with van der Waals surface area (Å²) in [5, 5.41) is 4.68. The van der Waals surface area contributed by atoms with Crippen molar-refractivity contribution in [3.63, 3.8) is 0 Å². The molecule has 2 aromatic carbocycles. The van der Waals surface area contributed by atoms with Crippen LogP contribution in [0.1, 0.15) is 17.0 Å². The van der Waals surface area contributed by atoms with Crippen molar-refractivity contribution in [2.24, 2.45) is 9.98 Å². The highest BCUT2D eigenvalue weighted by Crippen LogP contribution is 2.31. The van der Waals surface area contributed by atoms with Gasteiger partial charge in [-0.2, -0.15) is 5.10 Å². The van der Waals surface area contributed by atoms with Gasteiger partial charge in [-0.1, -0.05) is 48.5 Å². The van der Waals surface area contributed by atoms with Gasteiger partial charge in [0.2, 0.25) is 0 Å². The molecule has 4 heterocycles. The number of amidine groups is 2. The van der Waals surface area contributed by atoms with Crippen molar-refractivity contribution in [3.8, 4) is 5.69 Å². The number of aliphatic imine (C=N–C) groups is 2. The Bertz CT molecular complexity index is 1300. The zero-order valence-corrected chi connectivity index (χ0v) is 15.8. The molecule has 0 radical (unpaired) electrons. The van der Waals surface area contributed by atoms with Crippen molar-refractivity contribution in [2.45, 2.75) is 6.92 Å². The topological polar surface area (TPSA) is 71.6 Å². The van der Waals surface area contributed by atoms with Crippen LogP contribution >= 0.6 is 0 Å². The van der Waals surface area contributed by atoms with Crippen LogP contribution < -0.4 is 0 Å². The fourth-order valence-electron chi connectivity index (χ4n) is 3.85. The van der Waals surface area contributed by atoms with Gasteiger partial charge in [0.05, 0.1) is 17.9 Å². The van der Waals surface area contributed by atoms with Crippen molar-refractivity contribution in [2.75, 3.05) is 13.1 Å². The van der Waals surface area contributed by atoms with Crippen molar-refractivity contribution < 1.29 is 0 Å². The molecule has 6 rings (SSSR count). The summed E-state index contributed by atoms with van der Waals surface area (Å²) in [4.78, 5) is 21.5. The molecule has 0 spiro atoms. The van der Waals surface area contributed by atoms with E-state index in [2.05, 4.69) is 22.1 Å². The summed E-state index contributed by atoms with van der Waals surface area (Å²) in [6, 6.07) is 20.1. The molecule has 0 fully saturated rings. The third-order valence-electron chi connectivity index (χ3n) is 5.21. The second kappa shape index (κ2) is 6.07. The van der Waals surface area contributed by atoms with Crippen LogP contribution in [0, 0.1) is 6.92 Å². The highest BCUT2D eigenvalue weighted by atomic mass is 15.3. The van der Waals surface area contributed by atoms with Gasteiger partial charge in [0.1, 0.15) is 11.4 Å².